The number of urea groups is 1. The molecule has 0 atom stereocenters. The molecule has 2 heterocycles. The SMILES string of the molecule is O=C(NCc1cccc(-n2cccn2)c1)N1CCOC2(CCCC2)C1. The smallest absolute Gasteiger partial charge is 0.317 e. The Kier molecular flexibility index (Phi) is 4.44. The summed E-state index contributed by atoms with van der Waals surface area (Å²) < 4.78 is 7.81. The van der Waals surface area contributed by atoms with Gasteiger partial charge < -0.3 is 15.0 Å². The van der Waals surface area contributed by atoms with Crippen LogP contribution in [0.3, 0.4) is 0 Å². The summed E-state index contributed by atoms with van der Waals surface area (Å²) in [5, 5.41) is 7.29. The van der Waals surface area contributed by atoms with Crippen molar-refractivity contribution in [1.82, 2.24) is 20.0 Å². The van der Waals surface area contributed by atoms with Crippen molar-refractivity contribution in [2.45, 2.75) is 37.8 Å². The number of nitrogens with one attached hydrogen (secondary N) is 1. The zero-order valence-electron chi connectivity index (χ0n) is 14.4. The summed E-state index contributed by atoms with van der Waals surface area (Å²) in [5.41, 5.74) is 1.97. The zero-order valence-corrected chi connectivity index (χ0v) is 14.4. The van der Waals surface area contributed by atoms with Crippen molar-refractivity contribution < 1.29 is 9.53 Å². The average molecular weight is 340 g/mol. The van der Waals surface area contributed by atoms with Gasteiger partial charge in [-0.2, -0.15) is 5.10 Å². The molecule has 2 aromatic rings. The first-order valence-corrected chi connectivity index (χ1v) is 9.00. The Morgan fingerprint density at radius 1 is 1.28 bits per heavy atom. The molecule has 0 unspecified atom stereocenters. The Morgan fingerprint density at radius 3 is 2.96 bits per heavy atom. The molecule has 1 aromatic heterocycles. The highest BCUT2D eigenvalue weighted by Gasteiger charge is 2.40. The Bertz CT molecular complexity index is 723. The number of aromatic nitrogens is 2. The van der Waals surface area contributed by atoms with Gasteiger partial charge in [0.1, 0.15) is 0 Å². The minimum atomic E-state index is -0.0877. The molecule has 1 aromatic carbocycles. The number of ether oxygens (including phenoxy) is 1. The zero-order chi connectivity index (χ0) is 17.1. The van der Waals surface area contributed by atoms with Crippen LogP contribution < -0.4 is 5.32 Å². The van der Waals surface area contributed by atoms with Gasteiger partial charge in [-0.05, 0) is 36.6 Å². The maximum absolute atomic E-state index is 12.6. The van der Waals surface area contributed by atoms with E-state index in [1.165, 1.54) is 12.8 Å². The van der Waals surface area contributed by atoms with Gasteiger partial charge >= 0.3 is 6.03 Å². The quantitative estimate of drug-likeness (QED) is 0.935. The predicted molar refractivity (Wildman–Crippen MR) is 94.5 cm³/mol. The molecule has 2 amide bonds. The molecule has 6 heteroatoms. The van der Waals surface area contributed by atoms with Crippen LogP contribution in [0, 0.1) is 0 Å². The van der Waals surface area contributed by atoms with E-state index in [1.807, 2.05) is 46.1 Å². The summed E-state index contributed by atoms with van der Waals surface area (Å²) in [6.07, 6.45) is 8.22. The van der Waals surface area contributed by atoms with Crippen molar-refractivity contribution in [1.29, 1.82) is 0 Å². The van der Waals surface area contributed by atoms with E-state index in [-0.39, 0.29) is 11.6 Å². The number of carbonyl (C=O) groups is 1. The number of hydrogen-bond acceptors (Lipinski definition) is 3. The van der Waals surface area contributed by atoms with Gasteiger partial charge in [0, 0.05) is 25.5 Å². The van der Waals surface area contributed by atoms with Crippen molar-refractivity contribution >= 4 is 6.03 Å². The van der Waals surface area contributed by atoms with Crippen LogP contribution in [-0.2, 0) is 11.3 Å². The number of amides is 2. The van der Waals surface area contributed by atoms with Crippen LogP contribution in [0.4, 0.5) is 4.79 Å². The molecule has 0 radical (unpaired) electrons. The Labute approximate surface area is 147 Å². The van der Waals surface area contributed by atoms with Gasteiger partial charge in [-0.1, -0.05) is 25.0 Å². The summed E-state index contributed by atoms with van der Waals surface area (Å²) >= 11 is 0. The minimum Gasteiger partial charge on any atom is -0.371 e. The molecule has 2 fully saturated rings. The van der Waals surface area contributed by atoms with Crippen molar-refractivity contribution in [2.75, 3.05) is 19.7 Å². The number of carbonyl (C=O) groups excluding carboxylic acids is 1. The lowest BCUT2D eigenvalue weighted by molar-refractivity contribution is -0.0925. The fourth-order valence-corrected chi connectivity index (χ4v) is 3.86. The van der Waals surface area contributed by atoms with Gasteiger partial charge in [0.25, 0.3) is 0 Å². The van der Waals surface area contributed by atoms with Crippen LogP contribution in [0.15, 0.2) is 42.7 Å². The molecule has 0 bridgehead atoms. The van der Waals surface area contributed by atoms with Gasteiger partial charge in [-0.25, -0.2) is 9.48 Å². The standard InChI is InChI=1S/C19H24N4O2/c24-18(22-11-12-25-19(15-22)7-1-2-8-19)20-14-16-5-3-6-17(13-16)23-10-4-9-21-23/h3-6,9-10,13H,1-2,7-8,11-12,14-15H2,(H,20,24). The van der Waals surface area contributed by atoms with E-state index >= 15 is 0 Å². The fourth-order valence-electron chi connectivity index (χ4n) is 3.86. The van der Waals surface area contributed by atoms with Crippen LogP contribution in [-0.4, -0.2) is 46.0 Å². The minimum absolute atomic E-state index is 0.000864. The topological polar surface area (TPSA) is 59.4 Å². The molecular formula is C19H24N4O2. The van der Waals surface area contributed by atoms with Crippen molar-refractivity contribution in [3.05, 3.63) is 48.3 Å². The third-order valence-corrected chi connectivity index (χ3v) is 5.17. The summed E-state index contributed by atoms with van der Waals surface area (Å²) in [5.74, 6) is 0. The van der Waals surface area contributed by atoms with Gasteiger partial charge in [0.15, 0.2) is 0 Å². The largest absolute Gasteiger partial charge is 0.371 e. The Hall–Kier alpha value is -2.34. The van der Waals surface area contributed by atoms with Crippen LogP contribution >= 0.6 is 0 Å². The number of benzene rings is 1. The number of rotatable bonds is 3. The molecule has 6 nitrogen and oxygen atoms in total. The Balaban J connectivity index is 1.36. The lowest BCUT2D eigenvalue weighted by Crippen LogP contribution is -2.54. The van der Waals surface area contributed by atoms with Gasteiger partial charge in [0.05, 0.1) is 24.4 Å². The third kappa shape index (κ3) is 3.54. The van der Waals surface area contributed by atoms with E-state index in [0.717, 1.165) is 24.1 Å². The second kappa shape index (κ2) is 6.88. The van der Waals surface area contributed by atoms with Gasteiger partial charge in [0.2, 0.25) is 0 Å². The second-order valence-corrected chi connectivity index (χ2v) is 6.94. The highest BCUT2D eigenvalue weighted by atomic mass is 16.5. The van der Waals surface area contributed by atoms with Gasteiger partial charge in [-0.3, -0.25) is 0 Å². The van der Waals surface area contributed by atoms with Crippen molar-refractivity contribution in [3.8, 4) is 5.69 Å². The molecule has 1 N–H and O–H groups in total. The second-order valence-electron chi connectivity index (χ2n) is 6.94. The lowest BCUT2D eigenvalue weighted by Gasteiger charge is -2.40. The summed E-state index contributed by atoms with van der Waals surface area (Å²) in [6, 6.07) is 9.95. The highest BCUT2D eigenvalue weighted by Crippen LogP contribution is 2.35. The Morgan fingerprint density at radius 2 is 2.16 bits per heavy atom. The van der Waals surface area contributed by atoms with Gasteiger partial charge in [-0.15, -0.1) is 0 Å². The molecule has 25 heavy (non-hydrogen) atoms. The lowest BCUT2D eigenvalue weighted by atomic mass is 10.00. The monoisotopic (exact) mass is 340 g/mol. The predicted octanol–water partition coefficient (Wildman–Crippen LogP) is 2.73. The fraction of sp³-hybridized carbons (Fsp3) is 0.474. The third-order valence-electron chi connectivity index (χ3n) is 5.17. The van der Waals surface area contributed by atoms with Crippen LogP contribution in [0.25, 0.3) is 5.69 Å². The first-order chi connectivity index (χ1) is 12.2. The molecule has 1 aliphatic carbocycles. The maximum Gasteiger partial charge on any atom is 0.317 e. The molecule has 1 saturated carbocycles. The summed E-state index contributed by atoms with van der Waals surface area (Å²) in [4.78, 5) is 14.5. The molecule has 2 aliphatic rings. The van der Waals surface area contributed by atoms with E-state index < -0.39 is 0 Å². The highest BCUT2D eigenvalue weighted by molar-refractivity contribution is 5.74. The number of morpholine rings is 1. The van der Waals surface area contributed by atoms with E-state index in [9.17, 15) is 4.79 Å². The van der Waals surface area contributed by atoms with E-state index in [4.69, 9.17) is 4.74 Å². The molecule has 1 spiro atoms. The van der Waals surface area contributed by atoms with Crippen LogP contribution in [0.5, 0.6) is 0 Å². The molecular weight excluding hydrogens is 316 g/mol. The number of hydrogen-bond donors (Lipinski definition) is 1. The average Bonchev–Trinajstić information content (AvgIpc) is 3.33. The van der Waals surface area contributed by atoms with E-state index in [0.29, 0.717) is 26.2 Å². The molecule has 4 rings (SSSR count). The summed E-state index contributed by atoms with van der Waals surface area (Å²) in [6.45, 7) is 2.54. The molecule has 132 valence electrons. The normalized spacial score (nSPS) is 19.3. The van der Waals surface area contributed by atoms with E-state index in [2.05, 4.69) is 10.4 Å². The number of nitrogens with zero attached hydrogens (tertiary/aromatic N) is 3. The van der Waals surface area contributed by atoms with Crippen LogP contribution in [0.1, 0.15) is 31.2 Å². The van der Waals surface area contributed by atoms with Crippen molar-refractivity contribution in [2.24, 2.45) is 0 Å². The first kappa shape index (κ1) is 16.1. The molecule has 1 saturated heterocycles. The molecule has 1 aliphatic heterocycles. The maximum atomic E-state index is 12.6. The van der Waals surface area contributed by atoms with Crippen molar-refractivity contribution in [3.63, 3.8) is 0 Å². The van der Waals surface area contributed by atoms with E-state index in [1.54, 1.807) is 6.20 Å². The van der Waals surface area contributed by atoms with Crippen LogP contribution in [0.2, 0.25) is 0 Å². The first-order valence-electron chi connectivity index (χ1n) is 9.00. The summed E-state index contributed by atoms with van der Waals surface area (Å²) in [7, 11) is 0.